The van der Waals surface area contributed by atoms with Gasteiger partial charge in [-0.3, -0.25) is 4.68 Å². The number of aromatic nitrogens is 2. The van der Waals surface area contributed by atoms with Gasteiger partial charge in [0.2, 0.25) is 0 Å². The largest absolute Gasteiger partial charge is 0.308 e. The normalized spacial score (nSPS) is 12.4. The molecule has 0 atom stereocenters. The van der Waals surface area contributed by atoms with Gasteiger partial charge in [-0.15, -0.1) is 0 Å². The van der Waals surface area contributed by atoms with Crippen LogP contribution in [0.4, 0.5) is 0 Å². The Morgan fingerprint density at radius 1 is 1.41 bits per heavy atom. The molecular weight excluding hydrogens is 236 g/mol. The van der Waals surface area contributed by atoms with Gasteiger partial charge in [-0.05, 0) is 34.9 Å². The fourth-order valence-electron chi connectivity index (χ4n) is 1.40. The van der Waals surface area contributed by atoms with Crippen molar-refractivity contribution in [2.45, 2.75) is 39.4 Å². The predicted octanol–water partition coefficient (Wildman–Crippen LogP) is 1.99. The zero-order valence-electron chi connectivity index (χ0n) is 11.4. The molecule has 1 rings (SSSR count). The summed E-state index contributed by atoms with van der Waals surface area (Å²) in [6.45, 7) is 8.99. The molecule has 0 saturated heterocycles. The molecule has 0 spiro atoms. The average molecular weight is 259 g/mol. The molecule has 0 saturated carbocycles. The second kappa shape index (κ2) is 5.85. The van der Waals surface area contributed by atoms with Gasteiger partial charge in [0.05, 0.1) is 23.5 Å². The highest BCUT2D eigenvalue weighted by atomic mass is 35.5. The average Bonchev–Trinajstić information content (AvgIpc) is 2.52. The van der Waals surface area contributed by atoms with E-state index in [1.54, 1.807) is 6.20 Å². The minimum absolute atomic E-state index is 0.0833. The Labute approximate surface area is 109 Å². The van der Waals surface area contributed by atoms with Gasteiger partial charge in [0.1, 0.15) is 0 Å². The third kappa shape index (κ3) is 5.06. The molecule has 0 aliphatic heterocycles. The van der Waals surface area contributed by atoms with Crippen LogP contribution in [0.25, 0.3) is 0 Å². The summed E-state index contributed by atoms with van der Waals surface area (Å²) in [5.74, 6) is 0. The SMILES string of the molecule is CN(C)CCn1ncc(Cl)c1CNC(C)(C)C. The van der Waals surface area contributed by atoms with Crippen LogP contribution in [0.15, 0.2) is 6.20 Å². The van der Waals surface area contributed by atoms with Gasteiger partial charge in [0, 0.05) is 18.6 Å². The molecule has 0 amide bonds. The van der Waals surface area contributed by atoms with E-state index in [0.717, 1.165) is 30.4 Å². The third-order valence-corrected chi connectivity index (χ3v) is 2.76. The van der Waals surface area contributed by atoms with E-state index < -0.39 is 0 Å². The molecule has 1 N–H and O–H groups in total. The first-order chi connectivity index (χ1) is 7.79. The Kier molecular flexibility index (Phi) is 4.98. The van der Waals surface area contributed by atoms with Crippen molar-refractivity contribution in [1.82, 2.24) is 20.0 Å². The molecule has 5 heteroatoms. The number of nitrogens with one attached hydrogen (secondary N) is 1. The fourth-order valence-corrected chi connectivity index (χ4v) is 1.61. The molecule has 1 aromatic heterocycles. The molecule has 0 radical (unpaired) electrons. The third-order valence-electron chi connectivity index (χ3n) is 2.44. The summed E-state index contributed by atoms with van der Waals surface area (Å²) in [7, 11) is 4.11. The lowest BCUT2D eigenvalue weighted by molar-refractivity contribution is 0.361. The molecule has 1 aromatic rings. The zero-order chi connectivity index (χ0) is 13.1. The number of hydrogen-bond donors (Lipinski definition) is 1. The topological polar surface area (TPSA) is 33.1 Å². The molecule has 0 aliphatic rings. The Balaban J connectivity index is 2.66. The molecule has 0 fully saturated rings. The number of rotatable bonds is 5. The Hall–Kier alpha value is -0.580. The van der Waals surface area contributed by atoms with Crippen LogP contribution >= 0.6 is 11.6 Å². The van der Waals surface area contributed by atoms with E-state index in [-0.39, 0.29) is 5.54 Å². The van der Waals surface area contributed by atoms with Crippen molar-refractivity contribution in [3.05, 3.63) is 16.9 Å². The summed E-state index contributed by atoms with van der Waals surface area (Å²) in [4.78, 5) is 2.14. The molecule has 4 nitrogen and oxygen atoms in total. The smallest absolute Gasteiger partial charge is 0.0831 e. The molecule has 98 valence electrons. The number of hydrogen-bond acceptors (Lipinski definition) is 3. The molecule has 0 aromatic carbocycles. The highest BCUT2D eigenvalue weighted by Gasteiger charge is 2.13. The van der Waals surface area contributed by atoms with Crippen molar-refractivity contribution in [1.29, 1.82) is 0 Å². The van der Waals surface area contributed by atoms with Crippen LogP contribution in [0.2, 0.25) is 5.02 Å². The van der Waals surface area contributed by atoms with E-state index in [0.29, 0.717) is 0 Å². The summed E-state index contributed by atoms with van der Waals surface area (Å²) >= 11 is 6.15. The van der Waals surface area contributed by atoms with E-state index in [4.69, 9.17) is 11.6 Å². The predicted molar refractivity (Wildman–Crippen MR) is 72.4 cm³/mol. The number of halogens is 1. The standard InChI is InChI=1S/C12H23ClN4/c1-12(2,3)14-9-11-10(13)8-15-17(11)7-6-16(4)5/h8,14H,6-7,9H2,1-5H3. The van der Waals surface area contributed by atoms with E-state index in [1.165, 1.54) is 0 Å². The number of likely N-dealkylation sites (N-methyl/N-ethyl adjacent to an activating group) is 1. The van der Waals surface area contributed by atoms with Crippen molar-refractivity contribution in [3.8, 4) is 0 Å². The first-order valence-electron chi connectivity index (χ1n) is 5.89. The zero-order valence-corrected chi connectivity index (χ0v) is 12.2. The Morgan fingerprint density at radius 3 is 2.59 bits per heavy atom. The molecule has 0 unspecified atom stereocenters. The molecule has 0 aliphatic carbocycles. The first kappa shape index (κ1) is 14.5. The maximum atomic E-state index is 6.15. The highest BCUT2D eigenvalue weighted by Crippen LogP contribution is 2.16. The molecule has 17 heavy (non-hydrogen) atoms. The van der Waals surface area contributed by atoms with E-state index in [1.807, 2.05) is 4.68 Å². The molecule has 1 heterocycles. The van der Waals surface area contributed by atoms with Gasteiger partial charge in [0.25, 0.3) is 0 Å². The van der Waals surface area contributed by atoms with Crippen LogP contribution in [-0.4, -0.2) is 40.9 Å². The lowest BCUT2D eigenvalue weighted by Crippen LogP contribution is -2.36. The summed E-state index contributed by atoms with van der Waals surface area (Å²) < 4.78 is 1.97. The fraction of sp³-hybridized carbons (Fsp3) is 0.750. The van der Waals surface area contributed by atoms with Gasteiger partial charge in [-0.2, -0.15) is 5.10 Å². The van der Waals surface area contributed by atoms with Crippen molar-refractivity contribution in [2.75, 3.05) is 20.6 Å². The van der Waals surface area contributed by atoms with Crippen molar-refractivity contribution >= 4 is 11.6 Å². The Bertz CT molecular complexity index is 352. The van der Waals surface area contributed by atoms with Crippen LogP contribution in [0.5, 0.6) is 0 Å². The monoisotopic (exact) mass is 258 g/mol. The van der Waals surface area contributed by atoms with Gasteiger partial charge >= 0.3 is 0 Å². The van der Waals surface area contributed by atoms with Crippen LogP contribution in [-0.2, 0) is 13.1 Å². The van der Waals surface area contributed by atoms with Gasteiger partial charge in [-0.1, -0.05) is 11.6 Å². The van der Waals surface area contributed by atoms with Crippen LogP contribution in [0.3, 0.4) is 0 Å². The van der Waals surface area contributed by atoms with Crippen molar-refractivity contribution in [2.24, 2.45) is 0 Å². The van der Waals surface area contributed by atoms with Gasteiger partial charge < -0.3 is 10.2 Å². The van der Waals surface area contributed by atoms with Gasteiger partial charge in [0.15, 0.2) is 0 Å². The van der Waals surface area contributed by atoms with E-state index >= 15 is 0 Å². The maximum absolute atomic E-state index is 6.15. The summed E-state index contributed by atoms with van der Waals surface area (Å²) in [6.07, 6.45) is 1.72. The van der Waals surface area contributed by atoms with Gasteiger partial charge in [-0.25, -0.2) is 0 Å². The molecular formula is C12H23ClN4. The molecule has 0 bridgehead atoms. The van der Waals surface area contributed by atoms with E-state index in [9.17, 15) is 0 Å². The minimum atomic E-state index is 0.0833. The van der Waals surface area contributed by atoms with E-state index in [2.05, 4.69) is 50.2 Å². The highest BCUT2D eigenvalue weighted by molar-refractivity contribution is 6.31. The van der Waals surface area contributed by atoms with Crippen LogP contribution in [0, 0.1) is 0 Å². The van der Waals surface area contributed by atoms with Crippen molar-refractivity contribution < 1.29 is 0 Å². The number of nitrogens with zero attached hydrogens (tertiary/aromatic N) is 3. The van der Waals surface area contributed by atoms with Crippen molar-refractivity contribution in [3.63, 3.8) is 0 Å². The summed E-state index contributed by atoms with van der Waals surface area (Å²) in [6, 6.07) is 0. The van der Waals surface area contributed by atoms with Crippen LogP contribution in [0.1, 0.15) is 26.5 Å². The first-order valence-corrected chi connectivity index (χ1v) is 6.27. The quantitative estimate of drug-likeness (QED) is 0.877. The maximum Gasteiger partial charge on any atom is 0.0831 e. The summed E-state index contributed by atoms with van der Waals surface area (Å²) in [5, 5.41) is 8.48. The second-order valence-corrected chi connectivity index (χ2v) is 5.98. The lowest BCUT2D eigenvalue weighted by atomic mass is 10.1. The second-order valence-electron chi connectivity index (χ2n) is 5.57. The minimum Gasteiger partial charge on any atom is -0.308 e. The van der Waals surface area contributed by atoms with Crippen LogP contribution < -0.4 is 5.32 Å². The lowest BCUT2D eigenvalue weighted by Gasteiger charge is -2.21. The summed E-state index contributed by atoms with van der Waals surface area (Å²) in [5.41, 5.74) is 1.14. The Morgan fingerprint density at radius 2 is 2.06 bits per heavy atom.